The molecule has 0 unspecified atom stereocenters. The number of fused-ring (bicyclic) bond motifs is 1. The number of anilines is 1. The van der Waals surface area contributed by atoms with Crippen molar-refractivity contribution in [1.29, 1.82) is 0 Å². The van der Waals surface area contributed by atoms with E-state index in [-0.39, 0.29) is 36.8 Å². The maximum atomic E-state index is 12.8. The summed E-state index contributed by atoms with van der Waals surface area (Å²) in [6.07, 6.45) is 0.573. The van der Waals surface area contributed by atoms with E-state index in [1.54, 1.807) is 19.9 Å². The Hall–Kier alpha value is -4.27. The standard InChI is InChI=1S/C26H27N5O4/c1-3-35-26(34)24-17(2)27-20-11-7-8-12-21(20)28-25(24)29-22(32)13-14-23(33)31-16-15-19(30-31)18-9-5-4-6-10-18/h4-12,27H,3,13-16H2,1-2H3,(H,28,29,32). The van der Waals surface area contributed by atoms with E-state index in [4.69, 9.17) is 4.74 Å². The number of amidine groups is 1. The van der Waals surface area contributed by atoms with Crippen LogP contribution in [-0.2, 0) is 19.1 Å². The molecule has 9 heteroatoms. The van der Waals surface area contributed by atoms with Crippen LogP contribution in [0.15, 0.2) is 76.0 Å². The fourth-order valence-corrected chi connectivity index (χ4v) is 3.85. The summed E-state index contributed by atoms with van der Waals surface area (Å²) in [6.45, 7) is 4.08. The van der Waals surface area contributed by atoms with Crippen LogP contribution in [0.1, 0.15) is 38.7 Å². The number of carbonyl (C=O) groups excluding carboxylic acids is 3. The first-order valence-corrected chi connectivity index (χ1v) is 11.5. The predicted octanol–water partition coefficient (Wildman–Crippen LogP) is 3.51. The molecule has 9 nitrogen and oxygen atoms in total. The van der Waals surface area contributed by atoms with Gasteiger partial charge in [-0.15, -0.1) is 0 Å². The Labute approximate surface area is 203 Å². The summed E-state index contributed by atoms with van der Waals surface area (Å²) in [7, 11) is 0. The third-order valence-corrected chi connectivity index (χ3v) is 5.57. The van der Waals surface area contributed by atoms with E-state index in [1.807, 2.05) is 48.5 Å². The number of nitrogens with one attached hydrogen (secondary N) is 2. The smallest absolute Gasteiger partial charge is 0.343 e. The molecular weight excluding hydrogens is 446 g/mol. The van der Waals surface area contributed by atoms with Gasteiger partial charge in [0.05, 0.1) is 30.2 Å². The van der Waals surface area contributed by atoms with Crippen LogP contribution in [0.3, 0.4) is 0 Å². The zero-order valence-electron chi connectivity index (χ0n) is 19.7. The number of aliphatic imine (C=N–C) groups is 1. The average molecular weight is 474 g/mol. The van der Waals surface area contributed by atoms with Gasteiger partial charge < -0.3 is 15.4 Å². The van der Waals surface area contributed by atoms with Crippen LogP contribution in [-0.4, -0.2) is 47.5 Å². The first-order chi connectivity index (χ1) is 17.0. The number of para-hydroxylation sites is 2. The number of hydrogen-bond donors (Lipinski definition) is 2. The molecule has 0 bridgehead atoms. The fraction of sp³-hybridized carbons (Fsp3) is 0.269. The molecule has 0 fully saturated rings. The molecule has 4 rings (SSSR count). The Morgan fingerprint density at radius 1 is 1.06 bits per heavy atom. The molecule has 2 heterocycles. The van der Waals surface area contributed by atoms with Crippen molar-refractivity contribution in [3.05, 3.63) is 71.4 Å². The summed E-state index contributed by atoms with van der Waals surface area (Å²) in [6, 6.07) is 17.0. The number of hydrazone groups is 1. The average Bonchev–Trinajstić information content (AvgIpc) is 3.30. The first kappa shape index (κ1) is 23.9. The minimum atomic E-state index is -0.597. The van der Waals surface area contributed by atoms with Crippen molar-refractivity contribution < 1.29 is 19.1 Å². The molecule has 35 heavy (non-hydrogen) atoms. The number of hydrogen-bond acceptors (Lipinski definition) is 7. The molecule has 2 aromatic rings. The number of ether oxygens (including phenoxy) is 1. The molecule has 180 valence electrons. The highest BCUT2D eigenvalue weighted by Crippen LogP contribution is 2.30. The molecule has 2 aliphatic rings. The topological polar surface area (TPSA) is 112 Å². The molecule has 0 radical (unpaired) electrons. The van der Waals surface area contributed by atoms with Gasteiger partial charge in [-0.2, -0.15) is 5.10 Å². The lowest BCUT2D eigenvalue weighted by molar-refractivity contribution is -0.138. The molecule has 0 aliphatic carbocycles. The van der Waals surface area contributed by atoms with Crippen molar-refractivity contribution in [3.63, 3.8) is 0 Å². The molecule has 0 saturated carbocycles. The van der Waals surface area contributed by atoms with Gasteiger partial charge in [-0.3, -0.25) is 9.59 Å². The van der Waals surface area contributed by atoms with Crippen molar-refractivity contribution in [1.82, 2.24) is 10.3 Å². The molecule has 2 N–H and O–H groups in total. The SMILES string of the molecule is CCOC(=O)C1=C(C)Nc2ccccc2N=C1NC(=O)CCC(=O)N1CCC(c2ccccc2)=N1. The largest absolute Gasteiger partial charge is 0.462 e. The molecule has 2 amide bonds. The number of esters is 1. The highest BCUT2D eigenvalue weighted by Gasteiger charge is 2.27. The highest BCUT2D eigenvalue weighted by atomic mass is 16.5. The van der Waals surface area contributed by atoms with Crippen molar-refractivity contribution >= 4 is 40.7 Å². The second kappa shape index (κ2) is 10.8. The highest BCUT2D eigenvalue weighted by molar-refractivity contribution is 6.24. The van der Waals surface area contributed by atoms with E-state index in [0.29, 0.717) is 30.0 Å². The summed E-state index contributed by atoms with van der Waals surface area (Å²) in [5.41, 5.74) is 3.74. The van der Waals surface area contributed by atoms with Crippen LogP contribution >= 0.6 is 0 Å². The van der Waals surface area contributed by atoms with E-state index < -0.39 is 11.9 Å². The van der Waals surface area contributed by atoms with Gasteiger partial charge in [-0.1, -0.05) is 42.5 Å². The fourth-order valence-electron chi connectivity index (χ4n) is 3.85. The zero-order valence-corrected chi connectivity index (χ0v) is 19.7. The minimum absolute atomic E-state index is 0.0169. The van der Waals surface area contributed by atoms with Crippen LogP contribution < -0.4 is 10.6 Å². The molecule has 2 aromatic carbocycles. The van der Waals surface area contributed by atoms with Crippen LogP contribution in [0.4, 0.5) is 11.4 Å². The van der Waals surface area contributed by atoms with Crippen LogP contribution in [0.5, 0.6) is 0 Å². The van der Waals surface area contributed by atoms with Crippen molar-refractivity contribution in [2.24, 2.45) is 10.1 Å². The maximum absolute atomic E-state index is 12.8. The molecule has 0 atom stereocenters. The summed E-state index contributed by atoms with van der Waals surface area (Å²) in [4.78, 5) is 42.6. The van der Waals surface area contributed by atoms with E-state index in [1.165, 1.54) is 5.01 Å². The van der Waals surface area contributed by atoms with Gasteiger partial charge in [0.2, 0.25) is 11.8 Å². The normalized spacial score (nSPS) is 14.9. The molecule has 0 aromatic heterocycles. The zero-order chi connectivity index (χ0) is 24.8. The summed E-state index contributed by atoms with van der Waals surface area (Å²) in [5.74, 6) is -1.18. The van der Waals surface area contributed by atoms with Crippen molar-refractivity contribution in [3.8, 4) is 0 Å². The summed E-state index contributed by atoms with van der Waals surface area (Å²) < 4.78 is 5.19. The first-order valence-electron chi connectivity index (χ1n) is 11.5. The molecule has 0 spiro atoms. The predicted molar refractivity (Wildman–Crippen MR) is 133 cm³/mol. The van der Waals surface area contributed by atoms with E-state index in [0.717, 1.165) is 11.3 Å². The Bertz CT molecular complexity index is 1230. The van der Waals surface area contributed by atoms with Gasteiger partial charge in [0, 0.05) is 25.0 Å². The number of benzene rings is 2. The second-order valence-electron chi connectivity index (χ2n) is 8.05. The van der Waals surface area contributed by atoms with Gasteiger partial charge in [-0.05, 0) is 31.5 Å². The van der Waals surface area contributed by atoms with Crippen molar-refractivity contribution in [2.75, 3.05) is 18.5 Å². The van der Waals surface area contributed by atoms with E-state index >= 15 is 0 Å². The van der Waals surface area contributed by atoms with Gasteiger partial charge in [0.25, 0.3) is 0 Å². The lowest BCUT2D eigenvalue weighted by Crippen LogP contribution is -2.36. The molecule has 2 aliphatic heterocycles. The maximum Gasteiger partial charge on any atom is 0.343 e. The van der Waals surface area contributed by atoms with Crippen molar-refractivity contribution in [2.45, 2.75) is 33.1 Å². The molecule has 0 saturated heterocycles. The number of nitrogens with zero attached hydrogens (tertiary/aromatic N) is 3. The lowest BCUT2D eigenvalue weighted by atomic mass is 10.1. The lowest BCUT2D eigenvalue weighted by Gasteiger charge is -2.14. The molecular formula is C26H27N5O4. The summed E-state index contributed by atoms with van der Waals surface area (Å²) >= 11 is 0. The third kappa shape index (κ3) is 5.63. The van der Waals surface area contributed by atoms with Crippen LogP contribution in [0.25, 0.3) is 0 Å². The summed E-state index contributed by atoms with van der Waals surface area (Å²) in [5, 5.41) is 11.7. The second-order valence-corrected chi connectivity index (χ2v) is 8.05. The quantitative estimate of drug-likeness (QED) is 0.624. The third-order valence-electron chi connectivity index (χ3n) is 5.57. The number of amides is 2. The van der Waals surface area contributed by atoms with Gasteiger partial charge >= 0.3 is 5.97 Å². The van der Waals surface area contributed by atoms with E-state index in [2.05, 4.69) is 20.7 Å². The number of carbonyl (C=O) groups is 3. The Balaban J connectivity index is 1.44. The van der Waals surface area contributed by atoms with Gasteiger partial charge in [0.1, 0.15) is 11.4 Å². The Morgan fingerprint density at radius 2 is 1.80 bits per heavy atom. The monoisotopic (exact) mass is 473 g/mol. The number of rotatable bonds is 6. The Kier molecular flexibility index (Phi) is 7.35. The van der Waals surface area contributed by atoms with E-state index in [9.17, 15) is 14.4 Å². The minimum Gasteiger partial charge on any atom is -0.462 e. The Morgan fingerprint density at radius 3 is 2.57 bits per heavy atom. The van der Waals surface area contributed by atoms with Gasteiger partial charge in [-0.25, -0.2) is 14.8 Å². The van der Waals surface area contributed by atoms with Crippen LogP contribution in [0, 0.1) is 0 Å². The van der Waals surface area contributed by atoms with Gasteiger partial charge in [0.15, 0.2) is 0 Å². The van der Waals surface area contributed by atoms with Crippen LogP contribution in [0.2, 0.25) is 0 Å². The number of allylic oxidation sites excluding steroid dienone is 1.